The number of rotatable bonds is 3. The summed E-state index contributed by atoms with van der Waals surface area (Å²) >= 11 is 7.00. The second-order valence-corrected chi connectivity index (χ2v) is 5.74. The van der Waals surface area contributed by atoms with Gasteiger partial charge in [0.05, 0.1) is 6.04 Å². The van der Waals surface area contributed by atoms with Gasteiger partial charge in [0.25, 0.3) is 0 Å². The molecule has 0 aliphatic rings. The van der Waals surface area contributed by atoms with Crippen LogP contribution in [0.3, 0.4) is 0 Å². The van der Waals surface area contributed by atoms with E-state index in [-0.39, 0.29) is 6.04 Å². The number of aryl methyl sites for hydroxylation is 1. The van der Waals surface area contributed by atoms with E-state index in [1.54, 1.807) is 23.7 Å². The maximum atomic E-state index is 5.36. The van der Waals surface area contributed by atoms with E-state index in [9.17, 15) is 0 Å². The van der Waals surface area contributed by atoms with Gasteiger partial charge in [-0.05, 0) is 38.2 Å². The number of nitrogens with zero attached hydrogens (tertiary/aromatic N) is 4. The van der Waals surface area contributed by atoms with Gasteiger partial charge in [-0.25, -0.2) is 4.98 Å². The number of thiazole rings is 1. The van der Waals surface area contributed by atoms with Crippen molar-refractivity contribution < 1.29 is 0 Å². The van der Waals surface area contributed by atoms with Crippen molar-refractivity contribution in [1.82, 2.24) is 24.7 Å². The molecule has 3 rings (SSSR count). The minimum Gasteiger partial charge on any atom is -0.290 e. The van der Waals surface area contributed by atoms with E-state index in [1.807, 2.05) is 29.0 Å². The number of hydrogen-bond acceptors (Lipinski definition) is 5. The largest absolute Gasteiger partial charge is 0.290 e. The van der Waals surface area contributed by atoms with Crippen LogP contribution < -0.4 is 0 Å². The van der Waals surface area contributed by atoms with Gasteiger partial charge in [0, 0.05) is 29.0 Å². The molecule has 1 atom stereocenters. The third kappa shape index (κ3) is 2.30. The van der Waals surface area contributed by atoms with Crippen LogP contribution in [0.25, 0.3) is 11.4 Å². The van der Waals surface area contributed by atoms with E-state index in [2.05, 4.69) is 27.1 Å². The Balaban J connectivity index is 2.10. The summed E-state index contributed by atoms with van der Waals surface area (Å²) in [5.41, 5.74) is 2.00. The second kappa shape index (κ2) is 5.26. The molecule has 0 spiro atoms. The lowest BCUT2D eigenvalue weighted by Crippen LogP contribution is -2.08. The van der Waals surface area contributed by atoms with E-state index in [0.717, 1.165) is 22.1 Å². The number of nitrogens with one attached hydrogen (secondary N) is 1. The maximum Gasteiger partial charge on any atom is 0.196 e. The zero-order valence-corrected chi connectivity index (χ0v) is 12.7. The normalized spacial score (nSPS) is 12.5. The topological polar surface area (TPSA) is 59.4 Å². The zero-order chi connectivity index (χ0) is 14.1. The van der Waals surface area contributed by atoms with Crippen LogP contribution >= 0.6 is 23.6 Å². The van der Waals surface area contributed by atoms with Crippen LogP contribution in [-0.2, 0) is 0 Å². The molecule has 5 nitrogen and oxygen atoms in total. The Bertz CT molecular complexity index is 771. The number of hydrogen-bond donors (Lipinski definition) is 1. The highest BCUT2D eigenvalue weighted by Crippen LogP contribution is 2.27. The van der Waals surface area contributed by atoms with Crippen LogP contribution in [0.1, 0.15) is 23.7 Å². The molecule has 0 amide bonds. The van der Waals surface area contributed by atoms with Crippen molar-refractivity contribution in [3.05, 3.63) is 45.4 Å². The van der Waals surface area contributed by atoms with E-state index in [1.165, 1.54) is 0 Å². The molecule has 0 radical (unpaired) electrons. The smallest absolute Gasteiger partial charge is 0.196 e. The van der Waals surface area contributed by atoms with Crippen LogP contribution in [0, 0.1) is 11.7 Å². The Kier molecular flexibility index (Phi) is 3.45. The molecule has 3 aromatic heterocycles. The van der Waals surface area contributed by atoms with Gasteiger partial charge in [0.2, 0.25) is 0 Å². The molecule has 3 heterocycles. The van der Waals surface area contributed by atoms with Crippen LogP contribution in [0.15, 0.2) is 29.9 Å². The fraction of sp³-hybridized carbons (Fsp3) is 0.231. The fourth-order valence-corrected chi connectivity index (χ4v) is 3.18. The summed E-state index contributed by atoms with van der Waals surface area (Å²) in [6, 6.07) is 3.88. The monoisotopic (exact) mass is 303 g/mol. The van der Waals surface area contributed by atoms with E-state index >= 15 is 0 Å². The number of aromatic amines is 1. The molecule has 0 aliphatic carbocycles. The Morgan fingerprint density at radius 2 is 2.10 bits per heavy atom. The molecule has 102 valence electrons. The minimum atomic E-state index is 0.0446. The van der Waals surface area contributed by atoms with Gasteiger partial charge in [0.15, 0.2) is 10.6 Å². The van der Waals surface area contributed by atoms with Gasteiger partial charge in [-0.1, -0.05) is 0 Å². The molecule has 20 heavy (non-hydrogen) atoms. The van der Waals surface area contributed by atoms with Crippen molar-refractivity contribution in [3.8, 4) is 11.4 Å². The molecule has 7 heteroatoms. The first-order valence-electron chi connectivity index (χ1n) is 6.16. The number of pyridine rings is 1. The first-order chi connectivity index (χ1) is 9.66. The molecule has 0 saturated heterocycles. The average Bonchev–Trinajstić information content (AvgIpc) is 3.05. The van der Waals surface area contributed by atoms with Gasteiger partial charge < -0.3 is 0 Å². The van der Waals surface area contributed by atoms with Crippen molar-refractivity contribution in [2.75, 3.05) is 0 Å². The first-order valence-corrected chi connectivity index (χ1v) is 7.45. The van der Waals surface area contributed by atoms with Gasteiger partial charge in [-0.15, -0.1) is 11.3 Å². The summed E-state index contributed by atoms with van der Waals surface area (Å²) in [7, 11) is 0. The van der Waals surface area contributed by atoms with E-state index in [4.69, 9.17) is 12.2 Å². The van der Waals surface area contributed by atoms with E-state index in [0.29, 0.717) is 4.77 Å². The molecule has 1 N–H and O–H groups in total. The van der Waals surface area contributed by atoms with Crippen molar-refractivity contribution in [2.24, 2.45) is 0 Å². The Hall–Kier alpha value is -1.86. The van der Waals surface area contributed by atoms with Gasteiger partial charge >= 0.3 is 0 Å². The summed E-state index contributed by atoms with van der Waals surface area (Å²) in [6.07, 6.45) is 3.49. The van der Waals surface area contributed by atoms with Crippen LogP contribution in [0.5, 0.6) is 0 Å². The number of aromatic nitrogens is 5. The average molecular weight is 303 g/mol. The molecule has 3 aromatic rings. The molecule has 0 saturated carbocycles. The van der Waals surface area contributed by atoms with Crippen molar-refractivity contribution >= 4 is 23.6 Å². The van der Waals surface area contributed by atoms with Crippen molar-refractivity contribution in [3.63, 3.8) is 0 Å². The third-order valence-electron chi connectivity index (χ3n) is 3.02. The highest BCUT2D eigenvalue weighted by molar-refractivity contribution is 7.71. The summed E-state index contributed by atoms with van der Waals surface area (Å²) < 4.78 is 2.58. The SMILES string of the molecule is Cc1csc(C(C)n2c(-c3ccncc3)n[nH]c2=S)n1. The lowest BCUT2D eigenvalue weighted by Gasteiger charge is -2.13. The molecule has 1 unspecified atom stereocenters. The molecule has 0 aliphatic heterocycles. The van der Waals surface area contributed by atoms with Crippen molar-refractivity contribution in [1.29, 1.82) is 0 Å². The Labute approximate surface area is 125 Å². The van der Waals surface area contributed by atoms with Gasteiger partial charge in [-0.3, -0.25) is 14.6 Å². The highest BCUT2D eigenvalue weighted by atomic mass is 32.1. The molecule has 0 aromatic carbocycles. The zero-order valence-electron chi connectivity index (χ0n) is 11.1. The highest BCUT2D eigenvalue weighted by Gasteiger charge is 2.18. The lowest BCUT2D eigenvalue weighted by molar-refractivity contribution is 0.629. The standard InChI is InChI=1S/C13H13N5S2/c1-8-7-20-12(15-8)9(2)18-11(16-17-13(18)19)10-3-5-14-6-4-10/h3-7,9H,1-2H3,(H,17,19). The van der Waals surface area contributed by atoms with Crippen LogP contribution in [0.2, 0.25) is 0 Å². The summed E-state index contributed by atoms with van der Waals surface area (Å²) in [4.78, 5) is 8.57. The van der Waals surface area contributed by atoms with Gasteiger partial charge in [0.1, 0.15) is 5.01 Å². The van der Waals surface area contributed by atoms with E-state index < -0.39 is 0 Å². The number of H-pyrrole nitrogens is 1. The first kappa shape index (κ1) is 13.1. The molecular weight excluding hydrogens is 290 g/mol. The quantitative estimate of drug-likeness (QED) is 0.754. The molecular formula is C13H13N5S2. The molecule has 0 fully saturated rings. The predicted molar refractivity (Wildman–Crippen MR) is 81.3 cm³/mol. The summed E-state index contributed by atoms with van der Waals surface area (Å²) in [6.45, 7) is 4.07. The third-order valence-corrected chi connectivity index (χ3v) is 4.45. The summed E-state index contributed by atoms with van der Waals surface area (Å²) in [5, 5.41) is 10.3. The van der Waals surface area contributed by atoms with Crippen LogP contribution in [0.4, 0.5) is 0 Å². The fourth-order valence-electron chi connectivity index (χ4n) is 2.04. The second-order valence-electron chi connectivity index (χ2n) is 4.46. The Morgan fingerprint density at radius 3 is 2.75 bits per heavy atom. The lowest BCUT2D eigenvalue weighted by atomic mass is 10.2. The maximum absolute atomic E-state index is 5.36. The summed E-state index contributed by atoms with van der Waals surface area (Å²) in [5.74, 6) is 0.803. The minimum absolute atomic E-state index is 0.0446. The predicted octanol–water partition coefficient (Wildman–Crippen LogP) is 3.38. The Morgan fingerprint density at radius 1 is 1.35 bits per heavy atom. The van der Waals surface area contributed by atoms with Crippen LogP contribution in [-0.4, -0.2) is 24.7 Å². The molecule has 0 bridgehead atoms. The van der Waals surface area contributed by atoms with Crippen molar-refractivity contribution in [2.45, 2.75) is 19.9 Å². The van der Waals surface area contributed by atoms with Gasteiger partial charge in [-0.2, -0.15) is 5.10 Å².